The van der Waals surface area contributed by atoms with Crippen molar-refractivity contribution in [2.24, 2.45) is 5.92 Å². The summed E-state index contributed by atoms with van der Waals surface area (Å²) in [6.07, 6.45) is 6.26. The fourth-order valence-corrected chi connectivity index (χ4v) is 1.75. The predicted octanol–water partition coefficient (Wildman–Crippen LogP) is 2.56. The number of aliphatic hydroxyl groups excluding tert-OH is 1. The highest BCUT2D eigenvalue weighted by Gasteiger charge is 2.27. The third-order valence-corrected chi connectivity index (χ3v) is 2.92. The first-order valence-corrected chi connectivity index (χ1v) is 6.14. The summed E-state index contributed by atoms with van der Waals surface area (Å²) in [7, 11) is 0. The van der Waals surface area contributed by atoms with Gasteiger partial charge in [-0.2, -0.15) is 0 Å². The Morgan fingerprint density at radius 3 is 2.14 bits per heavy atom. The van der Waals surface area contributed by atoms with Gasteiger partial charge in [-0.15, -0.1) is 0 Å². The summed E-state index contributed by atoms with van der Waals surface area (Å²) < 4.78 is 0. The lowest BCUT2D eigenvalue weighted by Crippen LogP contribution is -2.43. The normalized spacial score (nSPS) is 24.9. The van der Waals surface area contributed by atoms with E-state index in [1.807, 2.05) is 0 Å². The number of nitrogens with one attached hydrogen (secondary N) is 1. The van der Waals surface area contributed by atoms with Gasteiger partial charge in [-0.25, -0.2) is 0 Å². The molecule has 1 aliphatic rings. The van der Waals surface area contributed by atoms with Crippen molar-refractivity contribution in [2.45, 2.75) is 58.9 Å². The van der Waals surface area contributed by atoms with Gasteiger partial charge < -0.3 is 10.4 Å². The van der Waals surface area contributed by atoms with Crippen molar-refractivity contribution < 1.29 is 5.11 Å². The van der Waals surface area contributed by atoms with Crippen molar-refractivity contribution in [3.05, 3.63) is 0 Å². The molecule has 2 heteroatoms. The van der Waals surface area contributed by atoms with Crippen LogP contribution in [0.3, 0.4) is 0 Å². The van der Waals surface area contributed by atoms with Crippen molar-refractivity contribution in [3.8, 4) is 0 Å². The highest BCUT2D eigenvalue weighted by atomic mass is 16.2. The van der Waals surface area contributed by atoms with E-state index in [0.717, 1.165) is 31.3 Å². The zero-order valence-corrected chi connectivity index (χ0v) is 10.1. The molecule has 86 valence electrons. The van der Waals surface area contributed by atoms with E-state index >= 15 is 0 Å². The summed E-state index contributed by atoms with van der Waals surface area (Å²) in [6, 6.07) is 0.861. The highest BCUT2D eigenvalue weighted by molar-refractivity contribution is 4.84. The second kappa shape index (κ2) is 9.47. The lowest BCUT2D eigenvalue weighted by molar-refractivity contribution is 0.207. The third-order valence-electron chi connectivity index (χ3n) is 2.92. The topological polar surface area (TPSA) is 32.3 Å². The van der Waals surface area contributed by atoms with E-state index in [0.29, 0.717) is 6.61 Å². The summed E-state index contributed by atoms with van der Waals surface area (Å²) in [5.74, 6) is 0.991. The van der Waals surface area contributed by atoms with Gasteiger partial charge >= 0.3 is 0 Å². The van der Waals surface area contributed by atoms with Crippen molar-refractivity contribution in [1.29, 1.82) is 0 Å². The number of hydrogen-bond acceptors (Lipinski definition) is 2. The monoisotopic (exact) mass is 201 g/mol. The molecular formula is C12H27NO. The summed E-state index contributed by atoms with van der Waals surface area (Å²) >= 11 is 0. The molecular weight excluding hydrogens is 174 g/mol. The fourth-order valence-electron chi connectivity index (χ4n) is 1.75. The first-order chi connectivity index (χ1) is 6.79. The van der Waals surface area contributed by atoms with Crippen LogP contribution in [0.2, 0.25) is 0 Å². The molecule has 0 radical (unpaired) electrons. The molecule has 2 unspecified atom stereocenters. The van der Waals surface area contributed by atoms with Gasteiger partial charge in [0, 0.05) is 12.6 Å². The van der Waals surface area contributed by atoms with Crippen LogP contribution in [0.15, 0.2) is 0 Å². The van der Waals surface area contributed by atoms with E-state index in [2.05, 4.69) is 26.1 Å². The third kappa shape index (κ3) is 5.61. The Labute approximate surface area is 89.1 Å². The second-order valence-corrected chi connectivity index (χ2v) is 3.99. The molecule has 0 saturated heterocycles. The molecule has 2 N–H and O–H groups in total. The summed E-state index contributed by atoms with van der Waals surface area (Å²) in [5, 5.41) is 11.5. The average Bonchev–Trinajstić information content (AvgIpc) is 2.16. The summed E-state index contributed by atoms with van der Waals surface area (Å²) in [5.41, 5.74) is 0. The van der Waals surface area contributed by atoms with Crippen molar-refractivity contribution in [1.82, 2.24) is 5.32 Å². The summed E-state index contributed by atoms with van der Waals surface area (Å²) in [6.45, 7) is 8.01. The maximum absolute atomic E-state index is 8.07. The standard InChI is InChI=1S/C8H17N.C4H10O/c1-3-7-5-6-8(7)9-4-2;1-2-3-4-5/h7-9H,3-6H2,1-2H3;5H,2-4H2,1H3. The quantitative estimate of drug-likeness (QED) is 0.716. The molecule has 0 aromatic rings. The molecule has 1 fully saturated rings. The number of hydrogen-bond donors (Lipinski definition) is 2. The largest absolute Gasteiger partial charge is 0.396 e. The zero-order valence-electron chi connectivity index (χ0n) is 10.1. The minimum absolute atomic E-state index is 0.344. The van der Waals surface area contributed by atoms with Gasteiger partial charge in [-0.05, 0) is 31.7 Å². The minimum atomic E-state index is 0.344. The molecule has 0 bridgehead atoms. The molecule has 0 aromatic heterocycles. The predicted molar refractivity (Wildman–Crippen MR) is 62.5 cm³/mol. The van der Waals surface area contributed by atoms with Crippen LogP contribution < -0.4 is 5.32 Å². The van der Waals surface area contributed by atoms with Crippen LogP contribution >= 0.6 is 0 Å². The van der Waals surface area contributed by atoms with Crippen LogP contribution in [0.4, 0.5) is 0 Å². The average molecular weight is 201 g/mol. The number of unbranched alkanes of at least 4 members (excludes halogenated alkanes) is 1. The van der Waals surface area contributed by atoms with Gasteiger partial charge in [0.25, 0.3) is 0 Å². The van der Waals surface area contributed by atoms with Crippen LogP contribution in [-0.2, 0) is 0 Å². The van der Waals surface area contributed by atoms with Gasteiger partial charge in [-0.1, -0.05) is 33.6 Å². The molecule has 1 rings (SSSR count). The van der Waals surface area contributed by atoms with Crippen LogP contribution in [0.5, 0.6) is 0 Å². The first-order valence-electron chi connectivity index (χ1n) is 6.14. The van der Waals surface area contributed by atoms with E-state index < -0.39 is 0 Å². The maximum atomic E-state index is 8.07. The Kier molecular flexibility index (Phi) is 9.42. The second-order valence-electron chi connectivity index (χ2n) is 3.99. The van der Waals surface area contributed by atoms with Gasteiger partial charge in [0.2, 0.25) is 0 Å². The van der Waals surface area contributed by atoms with E-state index in [-0.39, 0.29) is 0 Å². The Balaban J connectivity index is 0.000000292. The number of rotatable bonds is 5. The van der Waals surface area contributed by atoms with Crippen LogP contribution in [-0.4, -0.2) is 24.3 Å². The molecule has 1 saturated carbocycles. The van der Waals surface area contributed by atoms with E-state index in [1.54, 1.807) is 0 Å². The molecule has 14 heavy (non-hydrogen) atoms. The van der Waals surface area contributed by atoms with Gasteiger partial charge in [0.1, 0.15) is 0 Å². The van der Waals surface area contributed by atoms with Crippen molar-refractivity contribution in [3.63, 3.8) is 0 Å². The lowest BCUT2D eigenvalue weighted by atomic mass is 9.78. The molecule has 1 aliphatic carbocycles. The number of aliphatic hydroxyl groups is 1. The van der Waals surface area contributed by atoms with Gasteiger partial charge in [0.15, 0.2) is 0 Å². The fraction of sp³-hybridized carbons (Fsp3) is 1.00. The van der Waals surface area contributed by atoms with E-state index in [1.165, 1.54) is 19.3 Å². The van der Waals surface area contributed by atoms with Gasteiger partial charge in [0.05, 0.1) is 0 Å². The lowest BCUT2D eigenvalue weighted by Gasteiger charge is -2.36. The molecule has 2 nitrogen and oxygen atoms in total. The molecule has 0 spiro atoms. The first kappa shape index (κ1) is 13.9. The maximum Gasteiger partial charge on any atom is 0.0430 e. The van der Waals surface area contributed by atoms with Crippen LogP contribution in [0, 0.1) is 5.92 Å². The van der Waals surface area contributed by atoms with Gasteiger partial charge in [-0.3, -0.25) is 0 Å². The minimum Gasteiger partial charge on any atom is -0.396 e. The van der Waals surface area contributed by atoms with Crippen LogP contribution in [0.1, 0.15) is 52.9 Å². The molecule has 0 heterocycles. The zero-order chi connectivity index (χ0) is 10.8. The Morgan fingerprint density at radius 1 is 1.21 bits per heavy atom. The van der Waals surface area contributed by atoms with E-state index in [4.69, 9.17) is 5.11 Å². The summed E-state index contributed by atoms with van der Waals surface area (Å²) in [4.78, 5) is 0. The van der Waals surface area contributed by atoms with Crippen molar-refractivity contribution in [2.75, 3.05) is 13.2 Å². The Morgan fingerprint density at radius 2 is 1.93 bits per heavy atom. The van der Waals surface area contributed by atoms with Crippen molar-refractivity contribution >= 4 is 0 Å². The molecule has 0 amide bonds. The van der Waals surface area contributed by atoms with Crippen LogP contribution in [0.25, 0.3) is 0 Å². The molecule has 2 atom stereocenters. The Bertz CT molecular complexity index is 113. The molecule has 0 aromatic carbocycles. The SMILES string of the molecule is CCCCO.CCNC1CCC1CC. The smallest absolute Gasteiger partial charge is 0.0430 e. The van der Waals surface area contributed by atoms with E-state index in [9.17, 15) is 0 Å². The highest BCUT2D eigenvalue weighted by Crippen LogP contribution is 2.29. The Hall–Kier alpha value is -0.0800. The molecule has 0 aliphatic heterocycles.